The van der Waals surface area contributed by atoms with Crippen molar-refractivity contribution in [3.05, 3.63) is 58.8 Å². The molecule has 1 saturated heterocycles. The zero-order valence-corrected chi connectivity index (χ0v) is 16.5. The van der Waals surface area contributed by atoms with Crippen LogP contribution in [0.25, 0.3) is 22.3 Å². The highest BCUT2D eigenvalue weighted by atomic mass is 16.5. The zero-order chi connectivity index (χ0) is 20.1. The van der Waals surface area contributed by atoms with Gasteiger partial charge < -0.3 is 19.6 Å². The van der Waals surface area contributed by atoms with Crippen molar-refractivity contribution in [3.8, 4) is 22.8 Å². The Hall–Kier alpha value is -2.79. The molecule has 2 heterocycles. The van der Waals surface area contributed by atoms with E-state index in [0.29, 0.717) is 23.7 Å². The van der Waals surface area contributed by atoms with E-state index in [4.69, 9.17) is 9.15 Å². The van der Waals surface area contributed by atoms with Gasteiger partial charge in [0, 0.05) is 23.8 Å². The van der Waals surface area contributed by atoms with E-state index in [0.717, 1.165) is 37.4 Å². The number of phenols is 1. The Morgan fingerprint density at radius 2 is 1.86 bits per heavy atom. The number of rotatable bonds is 7. The van der Waals surface area contributed by atoms with Gasteiger partial charge in [0.25, 0.3) is 0 Å². The van der Waals surface area contributed by atoms with E-state index < -0.39 is 0 Å². The van der Waals surface area contributed by atoms with Gasteiger partial charge in [-0.05, 0) is 44.7 Å². The maximum atomic E-state index is 12.5. The van der Waals surface area contributed by atoms with Gasteiger partial charge in [0.1, 0.15) is 28.2 Å². The predicted octanol–water partition coefficient (Wildman–Crippen LogP) is 4.71. The second-order valence-corrected chi connectivity index (χ2v) is 7.69. The Morgan fingerprint density at radius 1 is 1.07 bits per heavy atom. The van der Waals surface area contributed by atoms with Gasteiger partial charge in [0.2, 0.25) is 0 Å². The molecule has 1 aliphatic rings. The Kier molecular flexibility index (Phi) is 6.15. The highest BCUT2D eigenvalue weighted by Gasteiger charge is 2.14. The minimum Gasteiger partial charge on any atom is -0.507 e. The Labute approximate surface area is 170 Å². The standard InChI is InChI=1S/C24H27NO4/c26-20-14-19(28-13-5-4-6-17-9-11-25-12-10-17)15-23-24(20)21(27)16-22(29-23)18-7-2-1-3-8-18/h1-3,7-8,14-17,25-26H,4-6,9-13H2. The van der Waals surface area contributed by atoms with Crippen LogP contribution in [0.2, 0.25) is 0 Å². The molecule has 3 aromatic rings. The van der Waals surface area contributed by atoms with Crippen LogP contribution in [0.1, 0.15) is 32.1 Å². The topological polar surface area (TPSA) is 71.7 Å². The molecule has 1 fully saturated rings. The summed E-state index contributed by atoms with van der Waals surface area (Å²) in [6.45, 7) is 2.85. The molecule has 5 heteroatoms. The highest BCUT2D eigenvalue weighted by Crippen LogP contribution is 2.31. The molecule has 0 spiro atoms. The number of unbranched alkanes of at least 4 members (excludes halogenated alkanes) is 1. The molecule has 1 aliphatic heterocycles. The molecule has 152 valence electrons. The fraction of sp³-hybridized carbons (Fsp3) is 0.375. The normalized spacial score (nSPS) is 14.9. The Bertz CT molecular complexity index is 1010. The van der Waals surface area contributed by atoms with Crippen molar-refractivity contribution in [1.29, 1.82) is 0 Å². The van der Waals surface area contributed by atoms with Gasteiger partial charge >= 0.3 is 0 Å². The molecule has 4 rings (SSSR count). The number of fused-ring (bicyclic) bond motifs is 1. The van der Waals surface area contributed by atoms with E-state index in [2.05, 4.69) is 5.32 Å². The van der Waals surface area contributed by atoms with Crippen LogP contribution in [0.4, 0.5) is 0 Å². The second-order valence-electron chi connectivity index (χ2n) is 7.69. The van der Waals surface area contributed by atoms with E-state index in [1.807, 2.05) is 30.3 Å². The molecule has 0 amide bonds. The second kappa shape index (κ2) is 9.14. The first-order chi connectivity index (χ1) is 14.2. The van der Waals surface area contributed by atoms with Crippen LogP contribution in [0.5, 0.6) is 11.5 Å². The third kappa shape index (κ3) is 4.80. The molecule has 29 heavy (non-hydrogen) atoms. The molecule has 5 nitrogen and oxygen atoms in total. The molecule has 0 bridgehead atoms. The largest absolute Gasteiger partial charge is 0.507 e. The molecule has 0 atom stereocenters. The minimum absolute atomic E-state index is 0.111. The number of ether oxygens (including phenoxy) is 1. The lowest BCUT2D eigenvalue weighted by Crippen LogP contribution is -2.27. The van der Waals surface area contributed by atoms with Crippen molar-refractivity contribution in [2.45, 2.75) is 32.1 Å². The molecular weight excluding hydrogens is 366 g/mol. The van der Waals surface area contributed by atoms with E-state index in [-0.39, 0.29) is 16.6 Å². The number of phenolic OH excluding ortho intramolecular Hbond substituents is 1. The van der Waals surface area contributed by atoms with Crippen LogP contribution in [0.3, 0.4) is 0 Å². The van der Waals surface area contributed by atoms with Crippen molar-refractivity contribution >= 4 is 11.0 Å². The number of nitrogens with one attached hydrogen (secondary N) is 1. The molecule has 2 aromatic carbocycles. The summed E-state index contributed by atoms with van der Waals surface area (Å²) in [5, 5.41) is 13.9. The van der Waals surface area contributed by atoms with E-state index in [9.17, 15) is 9.90 Å². The third-order valence-corrected chi connectivity index (χ3v) is 5.58. The van der Waals surface area contributed by atoms with E-state index >= 15 is 0 Å². The average molecular weight is 393 g/mol. The van der Waals surface area contributed by atoms with Crippen LogP contribution < -0.4 is 15.5 Å². The quantitative estimate of drug-likeness (QED) is 0.569. The maximum absolute atomic E-state index is 12.5. The van der Waals surface area contributed by atoms with Crippen LogP contribution in [0, 0.1) is 5.92 Å². The van der Waals surface area contributed by atoms with Crippen LogP contribution >= 0.6 is 0 Å². The van der Waals surface area contributed by atoms with Gasteiger partial charge in [-0.3, -0.25) is 4.79 Å². The molecule has 0 unspecified atom stereocenters. The summed E-state index contributed by atoms with van der Waals surface area (Å²) < 4.78 is 11.7. The predicted molar refractivity (Wildman–Crippen MR) is 115 cm³/mol. The molecule has 2 N–H and O–H groups in total. The van der Waals surface area contributed by atoms with E-state index in [1.165, 1.54) is 31.4 Å². The van der Waals surface area contributed by atoms with Crippen molar-refractivity contribution in [1.82, 2.24) is 5.32 Å². The molecule has 0 saturated carbocycles. The Balaban J connectivity index is 1.43. The maximum Gasteiger partial charge on any atom is 0.197 e. The molecular formula is C24H27NO4. The van der Waals surface area contributed by atoms with Crippen molar-refractivity contribution in [3.63, 3.8) is 0 Å². The molecule has 1 aromatic heterocycles. The number of hydrogen-bond acceptors (Lipinski definition) is 5. The zero-order valence-electron chi connectivity index (χ0n) is 16.5. The summed E-state index contributed by atoms with van der Waals surface area (Å²) in [6, 6.07) is 14.0. The van der Waals surface area contributed by atoms with Gasteiger partial charge in [0.15, 0.2) is 5.43 Å². The lowest BCUT2D eigenvalue weighted by molar-refractivity contribution is 0.286. The highest BCUT2D eigenvalue weighted by molar-refractivity contribution is 5.86. The summed E-state index contributed by atoms with van der Waals surface area (Å²) in [4.78, 5) is 12.5. The SMILES string of the molecule is O=c1cc(-c2ccccc2)oc2cc(OCCCCC3CCNCC3)cc(O)c12. The van der Waals surface area contributed by atoms with Crippen LogP contribution in [0.15, 0.2) is 57.7 Å². The number of aromatic hydroxyl groups is 1. The van der Waals surface area contributed by atoms with Crippen molar-refractivity contribution in [2.75, 3.05) is 19.7 Å². The van der Waals surface area contributed by atoms with Gasteiger partial charge in [0.05, 0.1) is 6.61 Å². The summed E-state index contributed by atoms with van der Waals surface area (Å²) in [7, 11) is 0. The van der Waals surface area contributed by atoms with E-state index in [1.54, 1.807) is 6.07 Å². The van der Waals surface area contributed by atoms with Gasteiger partial charge in [-0.15, -0.1) is 0 Å². The molecule has 0 aliphatic carbocycles. The first-order valence-corrected chi connectivity index (χ1v) is 10.4. The average Bonchev–Trinajstić information content (AvgIpc) is 2.74. The number of benzene rings is 2. The fourth-order valence-corrected chi connectivity index (χ4v) is 3.97. The monoisotopic (exact) mass is 393 g/mol. The lowest BCUT2D eigenvalue weighted by Gasteiger charge is -2.22. The van der Waals surface area contributed by atoms with Gasteiger partial charge in [-0.25, -0.2) is 0 Å². The molecule has 0 radical (unpaired) electrons. The lowest BCUT2D eigenvalue weighted by atomic mass is 9.93. The Morgan fingerprint density at radius 3 is 2.66 bits per heavy atom. The van der Waals surface area contributed by atoms with Crippen molar-refractivity contribution < 1.29 is 14.3 Å². The first-order valence-electron chi connectivity index (χ1n) is 10.4. The van der Waals surface area contributed by atoms with Gasteiger partial charge in [-0.1, -0.05) is 36.8 Å². The summed E-state index contributed by atoms with van der Waals surface area (Å²) in [5.74, 6) is 1.71. The smallest absolute Gasteiger partial charge is 0.197 e. The van der Waals surface area contributed by atoms with Crippen molar-refractivity contribution in [2.24, 2.45) is 5.92 Å². The summed E-state index contributed by atoms with van der Waals surface area (Å²) in [6.07, 6.45) is 5.88. The number of hydrogen-bond donors (Lipinski definition) is 2. The van der Waals surface area contributed by atoms with Crippen LogP contribution in [-0.4, -0.2) is 24.8 Å². The van der Waals surface area contributed by atoms with Crippen LogP contribution in [-0.2, 0) is 0 Å². The summed E-state index contributed by atoms with van der Waals surface area (Å²) in [5.41, 5.74) is 0.882. The summed E-state index contributed by atoms with van der Waals surface area (Å²) >= 11 is 0. The number of piperidine rings is 1. The minimum atomic E-state index is -0.267. The van der Waals surface area contributed by atoms with Gasteiger partial charge in [-0.2, -0.15) is 0 Å². The third-order valence-electron chi connectivity index (χ3n) is 5.58. The fourth-order valence-electron chi connectivity index (χ4n) is 3.97. The first kappa shape index (κ1) is 19.5.